The first-order chi connectivity index (χ1) is 20.8. The summed E-state index contributed by atoms with van der Waals surface area (Å²) in [5.74, 6) is 2.98. The topological polar surface area (TPSA) is 140 Å². The molecule has 5 aromatic rings. The van der Waals surface area contributed by atoms with Gasteiger partial charge >= 0.3 is 0 Å². The van der Waals surface area contributed by atoms with Gasteiger partial charge in [0.25, 0.3) is 0 Å². The Morgan fingerprint density at radius 1 is 1.07 bits per heavy atom. The minimum atomic E-state index is -0.973. The van der Waals surface area contributed by atoms with Gasteiger partial charge in [-0.05, 0) is 55.7 Å². The summed E-state index contributed by atoms with van der Waals surface area (Å²) in [7, 11) is 0.992. The van der Waals surface area contributed by atoms with E-state index in [-0.39, 0.29) is 18.4 Å². The van der Waals surface area contributed by atoms with Crippen molar-refractivity contribution in [2.45, 2.75) is 32.2 Å². The monoisotopic (exact) mass is 599 g/mol. The Kier molecular flexibility index (Phi) is 8.14. The summed E-state index contributed by atoms with van der Waals surface area (Å²) in [5.41, 5.74) is 4.98. The van der Waals surface area contributed by atoms with Gasteiger partial charge in [0.2, 0.25) is 11.9 Å². The van der Waals surface area contributed by atoms with Crippen LogP contribution in [0.15, 0.2) is 55.2 Å². The maximum atomic E-state index is 12.2. The molecule has 1 aliphatic heterocycles. The van der Waals surface area contributed by atoms with E-state index < -0.39 is 10.8 Å². The van der Waals surface area contributed by atoms with Crippen molar-refractivity contribution in [1.29, 1.82) is 0 Å². The van der Waals surface area contributed by atoms with Gasteiger partial charge in [0.05, 0.1) is 23.6 Å². The second-order valence-electron chi connectivity index (χ2n) is 10.7. The van der Waals surface area contributed by atoms with Crippen LogP contribution in [0.5, 0.6) is 11.5 Å². The lowest BCUT2D eigenvalue weighted by Gasteiger charge is -2.32. The van der Waals surface area contributed by atoms with Crippen molar-refractivity contribution in [2.24, 2.45) is 7.05 Å². The third-order valence-electron chi connectivity index (χ3n) is 7.49. The van der Waals surface area contributed by atoms with Crippen molar-refractivity contribution in [3.8, 4) is 11.5 Å². The van der Waals surface area contributed by atoms with Gasteiger partial charge in [-0.1, -0.05) is 0 Å². The van der Waals surface area contributed by atoms with Crippen LogP contribution in [0.25, 0.3) is 22.1 Å². The molecule has 6 rings (SSSR count). The SMILES string of the molecule is Cc1cc(Nc2ncnc3cnc(N4CCC(NC(=O)CCS(C)=O)CC4)nc23)ccc1Oc1ccc2c(c1)ncn2C. The molecule has 1 amide bonds. The number of imidazole rings is 1. The number of fused-ring (bicyclic) bond motifs is 2. The van der Waals surface area contributed by atoms with Crippen LogP contribution in [0.2, 0.25) is 0 Å². The second-order valence-corrected chi connectivity index (χ2v) is 12.3. The van der Waals surface area contributed by atoms with E-state index in [9.17, 15) is 9.00 Å². The quantitative estimate of drug-likeness (QED) is 0.255. The number of carbonyl (C=O) groups is 1. The fourth-order valence-corrected chi connectivity index (χ4v) is 5.61. The summed E-state index contributed by atoms with van der Waals surface area (Å²) in [6, 6.07) is 11.8. The number of ether oxygens (including phenoxy) is 1. The van der Waals surface area contributed by atoms with E-state index in [0.29, 0.717) is 41.6 Å². The Morgan fingerprint density at radius 3 is 2.70 bits per heavy atom. The summed E-state index contributed by atoms with van der Waals surface area (Å²) >= 11 is 0. The minimum Gasteiger partial charge on any atom is -0.457 e. The molecule has 0 radical (unpaired) electrons. The van der Waals surface area contributed by atoms with Crippen LogP contribution < -0.4 is 20.3 Å². The van der Waals surface area contributed by atoms with Crippen LogP contribution >= 0.6 is 0 Å². The molecule has 0 bridgehead atoms. The molecule has 0 aliphatic carbocycles. The van der Waals surface area contributed by atoms with Crippen molar-refractivity contribution in [1.82, 2.24) is 34.8 Å². The van der Waals surface area contributed by atoms with Crippen LogP contribution in [0, 0.1) is 6.92 Å². The van der Waals surface area contributed by atoms with E-state index in [1.54, 1.807) is 18.8 Å². The van der Waals surface area contributed by atoms with E-state index in [2.05, 4.69) is 35.5 Å². The molecule has 4 heterocycles. The number of benzene rings is 2. The number of anilines is 3. The van der Waals surface area contributed by atoms with Crippen molar-refractivity contribution < 1.29 is 13.7 Å². The summed E-state index contributed by atoms with van der Waals surface area (Å²) in [4.78, 5) is 36.9. The summed E-state index contributed by atoms with van der Waals surface area (Å²) in [6.45, 7) is 3.41. The number of carbonyl (C=O) groups excluding carboxylic acids is 1. The van der Waals surface area contributed by atoms with Crippen LogP contribution in [0.1, 0.15) is 24.8 Å². The molecule has 1 aliphatic rings. The zero-order chi connectivity index (χ0) is 29.9. The first-order valence-corrected chi connectivity index (χ1v) is 15.8. The smallest absolute Gasteiger partial charge is 0.226 e. The minimum absolute atomic E-state index is 0.0516. The molecule has 0 saturated carbocycles. The van der Waals surface area contributed by atoms with Crippen LogP contribution in [0.3, 0.4) is 0 Å². The molecule has 3 aromatic heterocycles. The molecule has 12 nitrogen and oxygen atoms in total. The Labute approximate surface area is 251 Å². The van der Waals surface area contributed by atoms with E-state index in [1.165, 1.54) is 6.33 Å². The van der Waals surface area contributed by atoms with Crippen molar-refractivity contribution in [3.63, 3.8) is 0 Å². The van der Waals surface area contributed by atoms with Gasteiger partial charge in [0.1, 0.15) is 28.9 Å². The van der Waals surface area contributed by atoms with Gasteiger partial charge in [0, 0.05) is 67.2 Å². The fraction of sp³-hybridized carbons (Fsp3) is 0.333. The molecule has 1 unspecified atom stereocenters. The zero-order valence-electron chi connectivity index (χ0n) is 24.3. The number of aromatic nitrogens is 6. The number of piperidine rings is 1. The normalized spacial score (nSPS) is 14.6. The second kappa shape index (κ2) is 12.3. The lowest BCUT2D eigenvalue weighted by Crippen LogP contribution is -2.45. The maximum absolute atomic E-state index is 12.2. The van der Waals surface area contributed by atoms with Gasteiger partial charge in [-0.25, -0.2) is 24.9 Å². The lowest BCUT2D eigenvalue weighted by molar-refractivity contribution is -0.121. The van der Waals surface area contributed by atoms with E-state index in [4.69, 9.17) is 9.72 Å². The van der Waals surface area contributed by atoms with E-state index >= 15 is 0 Å². The van der Waals surface area contributed by atoms with Crippen LogP contribution in [-0.2, 0) is 22.6 Å². The number of rotatable bonds is 9. The fourth-order valence-electron chi connectivity index (χ4n) is 5.13. The predicted molar refractivity (Wildman–Crippen MR) is 167 cm³/mol. The highest BCUT2D eigenvalue weighted by molar-refractivity contribution is 7.84. The zero-order valence-corrected chi connectivity index (χ0v) is 25.1. The number of aryl methyl sites for hydroxylation is 2. The first-order valence-electron chi connectivity index (χ1n) is 14.1. The summed E-state index contributed by atoms with van der Waals surface area (Å²) in [5, 5.41) is 6.45. The Balaban J connectivity index is 1.13. The number of nitrogens with one attached hydrogen (secondary N) is 2. The Bertz CT molecular complexity index is 1820. The van der Waals surface area contributed by atoms with Crippen molar-refractivity contribution in [2.75, 3.05) is 35.3 Å². The van der Waals surface area contributed by atoms with E-state index in [1.807, 2.05) is 54.9 Å². The molecule has 1 fully saturated rings. The van der Waals surface area contributed by atoms with Gasteiger partial charge in [-0.3, -0.25) is 9.00 Å². The molecule has 43 heavy (non-hydrogen) atoms. The first kappa shape index (κ1) is 28.5. The maximum Gasteiger partial charge on any atom is 0.226 e. The lowest BCUT2D eigenvalue weighted by atomic mass is 10.1. The molecule has 0 spiro atoms. The number of amides is 1. The van der Waals surface area contributed by atoms with Gasteiger partial charge in [-0.2, -0.15) is 0 Å². The molecule has 2 aromatic carbocycles. The third-order valence-corrected chi connectivity index (χ3v) is 8.27. The number of hydrogen-bond acceptors (Lipinski definition) is 10. The molecule has 1 saturated heterocycles. The Morgan fingerprint density at radius 2 is 1.91 bits per heavy atom. The Hall–Kier alpha value is -4.65. The molecular weight excluding hydrogens is 566 g/mol. The largest absolute Gasteiger partial charge is 0.457 e. The predicted octanol–water partition coefficient (Wildman–Crippen LogP) is 4.00. The highest BCUT2D eigenvalue weighted by Gasteiger charge is 2.23. The molecule has 13 heteroatoms. The molecule has 222 valence electrons. The highest BCUT2D eigenvalue weighted by atomic mass is 32.2. The van der Waals surface area contributed by atoms with Gasteiger partial charge in [-0.15, -0.1) is 0 Å². The van der Waals surface area contributed by atoms with Crippen LogP contribution in [-0.4, -0.2) is 70.7 Å². The number of nitrogens with zero attached hydrogens (tertiary/aromatic N) is 7. The molecule has 1 atom stereocenters. The van der Waals surface area contributed by atoms with Crippen molar-refractivity contribution >= 4 is 56.2 Å². The van der Waals surface area contributed by atoms with Gasteiger partial charge in [0.15, 0.2) is 5.82 Å². The molecular formula is C30H33N9O3S. The van der Waals surface area contributed by atoms with Crippen LogP contribution in [0.4, 0.5) is 17.5 Å². The average Bonchev–Trinajstić information content (AvgIpc) is 3.37. The van der Waals surface area contributed by atoms with Crippen molar-refractivity contribution in [3.05, 3.63) is 60.8 Å². The standard InChI is InChI=1S/C30H33N9O3S/c1-19-14-21(4-7-26(19)42-22-5-6-25-23(15-22)34-18-38(25)2)36-29-28-24(32-17-33-29)16-31-30(37-28)39-11-8-20(9-12-39)35-27(40)10-13-43(3)41/h4-7,14-18,20H,8-13H2,1-3H3,(H,35,40)(H,32,33,36). The highest BCUT2D eigenvalue weighted by Crippen LogP contribution is 2.31. The summed E-state index contributed by atoms with van der Waals surface area (Å²) < 4.78 is 19.4. The number of hydrogen-bond donors (Lipinski definition) is 2. The van der Waals surface area contributed by atoms with E-state index in [0.717, 1.165) is 46.6 Å². The molecule has 2 N–H and O–H groups in total. The average molecular weight is 600 g/mol. The third kappa shape index (κ3) is 6.56. The summed E-state index contributed by atoms with van der Waals surface area (Å²) in [6.07, 6.45) is 8.45. The van der Waals surface area contributed by atoms with Gasteiger partial charge < -0.3 is 24.8 Å².